The number of benzene rings is 1. The highest BCUT2D eigenvalue weighted by Gasteiger charge is 2.07. The van der Waals surface area contributed by atoms with Gasteiger partial charge in [0.05, 0.1) is 6.54 Å². The van der Waals surface area contributed by atoms with Gasteiger partial charge in [0.25, 0.3) is 0 Å². The van der Waals surface area contributed by atoms with Gasteiger partial charge in [0.2, 0.25) is 5.89 Å². The Hall–Kier alpha value is -1.64. The van der Waals surface area contributed by atoms with Gasteiger partial charge >= 0.3 is 0 Å². The van der Waals surface area contributed by atoms with Gasteiger partial charge in [-0.1, -0.05) is 42.4 Å². The average Bonchev–Trinajstić information content (AvgIpc) is 2.93. The third-order valence-electron chi connectivity index (χ3n) is 3.15. The predicted octanol–water partition coefficient (Wildman–Crippen LogP) is 2.46. The number of aliphatic imine (C=N–C) groups is 1. The van der Waals surface area contributed by atoms with Crippen LogP contribution in [0.15, 0.2) is 39.8 Å². The van der Waals surface area contributed by atoms with Crippen molar-refractivity contribution < 1.29 is 4.52 Å². The van der Waals surface area contributed by atoms with Gasteiger partial charge in [-0.05, 0) is 11.5 Å². The summed E-state index contributed by atoms with van der Waals surface area (Å²) in [6.45, 7) is 5.23. The molecule has 0 amide bonds. The summed E-state index contributed by atoms with van der Waals surface area (Å²) >= 11 is 0. The quantitative estimate of drug-likeness (QED) is 0.446. The van der Waals surface area contributed by atoms with Crippen LogP contribution in [0.2, 0.25) is 0 Å². The molecular formula is C15H22IN5O. The van der Waals surface area contributed by atoms with Crippen molar-refractivity contribution in [2.24, 2.45) is 4.99 Å². The van der Waals surface area contributed by atoms with Crippen LogP contribution in [-0.2, 0) is 6.54 Å². The second-order valence-corrected chi connectivity index (χ2v) is 4.85. The van der Waals surface area contributed by atoms with E-state index in [1.165, 1.54) is 5.56 Å². The summed E-state index contributed by atoms with van der Waals surface area (Å²) in [5.41, 5.74) is 1.30. The van der Waals surface area contributed by atoms with Gasteiger partial charge in [0, 0.05) is 20.5 Å². The van der Waals surface area contributed by atoms with Crippen LogP contribution in [0.4, 0.5) is 0 Å². The first-order valence-corrected chi connectivity index (χ1v) is 6.97. The number of aryl methyl sites for hydroxylation is 1. The lowest BCUT2D eigenvalue weighted by Crippen LogP contribution is -2.38. The maximum absolute atomic E-state index is 4.93. The van der Waals surface area contributed by atoms with Crippen LogP contribution in [0.5, 0.6) is 0 Å². The summed E-state index contributed by atoms with van der Waals surface area (Å²) in [6.07, 6.45) is 0. The predicted molar refractivity (Wildman–Crippen MR) is 97.5 cm³/mol. The van der Waals surface area contributed by atoms with Crippen molar-refractivity contribution in [3.63, 3.8) is 0 Å². The van der Waals surface area contributed by atoms with Crippen molar-refractivity contribution in [3.05, 3.63) is 47.6 Å². The van der Waals surface area contributed by atoms with Gasteiger partial charge in [-0.2, -0.15) is 4.98 Å². The Balaban J connectivity index is 0.00000242. The maximum Gasteiger partial charge on any atom is 0.223 e. The Morgan fingerprint density at radius 2 is 2.00 bits per heavy atom. The number of hydrogen-bond acceptors (Lipinski definition) is 4. The summed E-state index contributed by atoms with van der Waals surface area (Å²) in [5.74, 6) is 2.30. The van der Waals surface area contributed by atoms with E-state index in [9.17, 15) is 0 Å². The van der Waals surface area contributed by atoms with Crippen LogP contribution in [0.25, 0.3) is 0 Å². The molecule has 0 radical (unpaired) electrons. The molecule has 2 aromatic rings. The molecule has 0 aliphatic heterocycles. The smallest absolute Gasteiger partial charge is 0.223 e. The number of guanidine groups is 1. The average molecular weight is 415 g/mol. The molecule has 2 N–H and O–H groups in total. The van der Waals surface area contributed by atoms with E-state index in [2.05, 4.69) is 57.0 Å². The van der Waals surface area contributed by atoms with Gasteiger partial charge in [-0.25, -0.2) is 0 Å². The minimum atomic E-state index is 0. The summed E-state index contributed by atoms with van der Waals surface area (Å²) in [7, 11) is 1.74. The van der Waals surface area contributed by atoms with E-state index in [0.29, 0.717) is 24.2 Å². The van der Waals surface area contributed by atoms with Crippen molar-refractivity contribution in [2.75, 3.05) is 13.6 Å². The molecule has 22 heavy (non-hydrogen) atoms. The fourth-order valence-electron chi connectivity index (χ4n) is 1.95. The van der Waals surface area contributed by atoms with Gasteiger partial charge in [0.15, 0.2) is 11.8 Å². The fourth-order valence-corrected chi connectivity index (χ4v) is 1.95. The van der Waals surface area contributed by atoms with Crippen LogP contribution in [-0.4, -0.2) is 29.7 Å². The molecule has 0 saturated heterocycles. The van der Waals surface area contributed by atoms with E-state index in [4.69, 9.17) is 4.52 Å². The molecule has 1 atom stereocenters. The molecule has 0 fully saturated rings. The summed E-state index contributed by atoms with van der Waals surface area (Å²) in [4.78, 5) is 8.32. The standard InChI is InChI=1S/C15H21N5O.HI/c1-11(13-7-5-4-6-8-13)9-17-15(16-3)18-10-14-19-12(2)21-20-14;/h4-8,11H,9-10H2,1-3H3,(H2,16,17,18);1H. The minimum absolute atomic E-state index is 0. The molecule has 1 aromatic heterocycles. The fraction of sp³-hybridized carbons (Fsp3) is 0.400. The molecule has 1 heterocycles. The number of halogens is 1. The normalized spacial score (nSPS) is 12.4. The molecule has 0 bridgehead atoms. The molecule has 0 spiro atoms. The number of rotatable bonds is 5. The zero-order chi connectivity index (χ0) is 15.1. The van der Waals surface area contributed by atoms with E-state index in [1.54, 1.807) is 14.0 Å². The highest BCUT2D eigenvalue weighted by atomic mass is 127. The lowest BCUT2D eigenvalue weighted by Gasteiger charge is -2.15. The lowest BCUT2D eigenvalue weighted by molar-refractivity contribution is 0.386. The van der Waals surface area contributed by atoms with Gasteiger partial charge in [0.1, 0.15) is 0 Å². The third kappa shape index (κ3) is 5.63. The van der Waals surface area contributed by atoms with Crippen molar-refractivity contribution in [2.45, 2.75) is 26.3 Å². The van der Waals surface area contributed by atoms with E-state index >= 15 is 0 Å². The third-order valence-corrected chi connectivity index (χ3v) is 3.15. The van der Waals surface area contributed by atoms with Crippen LogP contribution >= 0.6 is 24.0 Å². The Labute approximate surface area is 147 Å². The Morgan fingerprint density at radius 1 is 1.27 bits per heavy atom. The number of nitrogens with one attached hydrogen (secondary N) is 2. The zero-order valence-corrected chi connectivity index (χ0v) is 15.4. The monoisotopic (exact) mass is 415 g/mol. The Kier molecular flexibility index (Phi) is 7.86. The van der Waals surface area contributed by atoms with Gasteiger partial charge in [-0.15, -0.1) is 24.0 Å². The molecule has 6 nitrogen and oxygen atoms in total. The summed E-state index contributed by atoms with van der Waals surface area (Å²) in [6, 6.07) is 10.4. The number of hydrogen-bond donors (Lipinski definition) is 2. The van der Waals surface area contributed by atoms with Crippen molar-refractivity contribution in [3.8, 4) is 0 Å². The second kappa shape index (κ2) is 9.39. The molecule has 0 aliphatic rings. The van der Waals surface area contributed by atoms with Crippen molar-refractivity contribution >= 4 is 29.9 Å². The largest absolute Gasteiger partial charge is 0.356 e. The Morgan fingerprint density at radius 3 is 2.59 bits per heavy atom. The van der Waals surface area contributed by atoms with Crippen LogP contribution in [0.1, 0.15) is 30.1 Å². The summed E-state index contributed by atoms with van der Waals surface area (Å²) in [5, 5.41) is 10.3. The molecule has 7 heteroatoms. The van der Waals surface area contributed by atoms with Crippen LogP contribution < -0.4 is 10.6 Å². The molecular weight excluding hydrogens is 393 g/mol. The van der Waals surface area contributed by atoms with Crippen LogP contribution in [0.3, 0.4) is 0 Å². The van der Waals surface area contributed by atoms with E-state index in [1.807, 2.05) is 6.07 Å². The van der Waals surface area contributed by atoms with Crippen molar-refractivity contribution in [1.82, 2.24) is 20.8 Å². The maximum atomic E-state index is 4.93. The molecule has 120 valence electrons. The first kappa shape index (κ1) is 18.4. The van der Waals surface area contributed by atoms with Gasteiger partial charge in [-0.3, -0.25) is 4.99 Å². The molecule has 1 unspecified atom stereocenters. The van der Waals surface area contributed by atoms with Crippen molar-refractivity contribution in [1.29, 1.82) is 0 Å². The number of nitrogens with zero attached hydrogens (tertiary/aromatic N) is 3. The van der Waals surface area contributed by atoms with Crippen LogP contribution in [0, 0.1) is 6.92 Å². The van der Waals surface area contributed by atoms with Gasteiger partial charge < -0.3 is 15.2 Å². The Bertz CT molecular complexity index is 585. The lowest BCUT2D eigenvalue weighted by atomic mass is 10.0. The SMILES string of the molecule is CN=C(NCc1noc(C)n1)NCC(C)c1ccccc1.I. The summed E-state index contributed by atoms with van der Waals surface area (Å²) < 4.78 is 4.93. The topological polar surface area (TPSA) is 75.3 Å². The molecule has 0 saturated carbocycles. The molecule has 1 aromatic carbocycles. The molecule has 2 rings (SSSR count). The minimum Gasteiger partial charge on any atom is -0.356 e. The highest BCUT2D eigenvalue weighted by Crippen LogP contribution is 2.12. The first-order valence-electron chi connectivity index (χ1n) is 6.97. The van der Waals surface area contributed by atoms with E-state index in [-0.39, 0.29) is 24.0 Å². The van der Waals surface area contributed by atoms with E-state index < -0.39 is 0 Å². The second-order valence-electron chi connectivity index (χ2n) is 4.85. The molecule has 0 aliphatic carbocycles. The van der Waals surface area contributed by atoms with E-state index in [0.717, 1.165) is 12.5 Å². The number of aromatic nitrogens is 2. The zero-order valence-electron chi connectivity index (χ0n) is 13.0. The highest BCUT2D eigenvalue weighted by molar-refractivity contribution is 14.0. The first-order chi connectivity index (χ1) is 10.2.